The number of hydrogen-bond donors (Lipinski definition) is 3. The number of hydrogen-bond acceptors (Lipinski definition) is 3. The molecular weight excluding hydrogens is 300 g/mol. The molecule has 1 aromatic carbocycles. The second-order valence-corrected chi connectivity index (χ2v) is 5.31. The van der Waals surface area contributed by atoms with Gasteiger partial charge in [-0.15, -0.1) is 0 Å². The van der Waals surface area contributed by atoms with Gasteiger partial charge in [-0.3, -0.25) is 10.1 Å². The highest BCUT2D eigenvalue weighted by Gasteiger charge is 2.23. The molecule has 0 heterocycles. The standard InChI is InChI=1S/C12H15BrN2O3/c1-12(2,11(14)18)15-6-8-4-3-7(10(16)17)5-9(8)13/h3-5,15H,6H2,1-2H3,(H2,14,18)(H,16,17). The number of carbonyl (C=O) groups is 2. The first kappa shape index (κ1) is 14.7. The summed E-state index contributed by atoms with van der Waals surface area (Å²) >= 11 is 3.30. The van der Waals surface area contributed by atoms with Crippen LogP contribution in [0.15, 0.2) is 22.7 Å². The van der Waals surface area contributed by atoms with Crippen molar-refractivity contribution < 1.29 is 14.7 Å². The summed E-state index contributed by atoms with van der Waals surface area (Å²) in [5.41, 5.74) is 5.49. The Balaban J connectivity index is 2.81. The van der Waals surface area contributed by atoms with Gasteiger partial charge in [-0.25, -0.2) is 4.79 Å². The van der Waals surface area contributed by atoms with E-state index in [1.165, 1.54) is 12.1 Å². The maximum atomic E-state index is 11.1. The smallest absolute Gasteiger partial charge is 0.335 e. The minimum atomic E-state index is -0.979. The van der Waals surface area contributed by atoms with E-state index < -0.39 is 17.4 Å². The van der Waals surface area contributed by atoms with Crippen LogP contribution in [0.1, 0.15) is 29.8 Å². The molecule has 0 fully saturated rings. The summed E-state index contributed by atoms with van der Waals surface area (Å²) in [4.78, 5) is 21.9. The van der Waals surface area contributed by atoms with Gasteiger partial charge in [-0.2, -0.15) is 0 Å². The number of nitrogens with one attached hydrogen (secondary N) is 1. The number of carbonyl (C=O) groups excluding carboxylic acids is 1. The monoisotopic (exact) mass is 314 g/mol. The van der Waals surface area contributed by atoms with Crippen molar-refractivity contribution >= 4 is 27.8 Å². The molecule has 0 saturated heterocycles. The van der Waals surface area contributed by atoms with E-state index in [1.807, 2.05) is 0 Å². The van der Waals surface area contributed by atoms with Crippen molar-refractivity contribution in [3.63, 3.8) is 0 Å². The van der Waals surface area contributed by atoms with Crippen molar-refractivity contribution in [2.45, 2.75) is 25.9 Å². The fourth-order valence-electron chi connectivity index (χ4n) is 1.23. The Morgan fingerprint density at radius 3 is 2.50 bits per heavy atom. The van der Waals surface area contributed by atoms with E-state index in [0.29, 0.717) is 11.0 Å². The highest BCUT2D eigenvalue weighted by Crippen LogP contribution is 2.19. The van der Waals surface area contributed by atoms with Gasteiger partial charge in [0.2, 0.25) is 5.91 Å². The third-order valence-electron chi connectivity index (χ3n) is 2.64. The lowest BCUT2D eigenvalue weighted by Crippen LogP contribution is -2.50. The van der Waals surface area contributed by atoms with E-state index in [-0.39, 0.29) is 5.56 Å². The Kier molecular flexibility index (Phi) is 4.48. The van der Waals surface area contributed by atoms with Crippen LogP contribution < -0.4 is 11.1 Å². The van der Waals surface area contributed by atoms with Crippen molar-refractivity contribution in [3.05, 3.63) is 33.8 Å². The molecule has 0 spiro atoms. The first-order chi connectivity index (χ1) is 8.24. The molecule has 98 valence electrons. The Morgan fingerprint density at radius 1 is 1.44 bits per heavy atom. The van der Waals surface area contributed by atoms with Gasteiger partial charge < -0.3 is 10.8 Å². The summed E-state index contributed by atoms with van der Waals surface area (Å²) in [6, 6.07) is 4.73. The van der Waals surface area contributed by atoms with Gasteiger partial charge in [0.1, 0.15) is 0 Å². The summed E-state index contributed by atoms with van der Waals surface area (Å²) < 4.78 is 0.676. The number of nitrogens with two attached hydrogens (primary N) is 1. The van der Waals surface area contributed by atoms with Gasteiger partial charge in [0.05, 0.1) is 11.1 Å². The molecule has 0 radical (unpaired) electrons. The molecular formula is C12H15BrN2O3. The Labute approximate surface area is 113 Å². The molecule has 0 aliphatic rings. The first-order valence-corrected chi connectivity index (χ1v) is 6.10. The zero-order valence-electron chi connectivity index (χ0n) is 10.2. The van der Waals surface area contributed by atoms with Gasteiger partial charge in [-0.1, -0.05) is 22.0 Å². The largest absolute Gasteiger partial charge is 0.478 e. The van der Waals surface area contributed by atoms with Crippen LogP contribution in [0.5, 0.6) is 0 Å². The van der Waals surface area contributed by atoms with Gasteiger partial charge >= 0.3 is 5.97 Å². The van der Waals surface area contributed by atoms with Gasteiger partial charge in [0.15, 0.2) is 0 Å². The van der Waals surface area contributed by atoms with Gasteiger partial charge in [0.25, 0.3) is 0 Å². The SMILES string of the molecule is CC(C)(NCc1ccc(C(=O)O)cc1Br)C(N)=O. The summed E-state index contributed by atoms with van der Waals surface area (Å²) in [5, 5.41) is 11.8. The summed E-state index contributed by atoms with van der Waals surface area (Å²) in [6.45, 7) is 3.79. The third kappa shape index (κ3) is 3.54. The zero-order chi connectivity index (χ0) is 13.9. The van der Waals surface area contributed by atoms with Crippen LogP contribution in [0.25, 0.3) is 0 Å². The highest BCUT2D eigenvalue weighted by atomic mass is 79.9. The molecule has 1 amide bonds. The van der Waals surface area contributed by atoms with Crippen molar-refractivity contribution in [1.82, 2.24) is 5.32 Å². The van der Waals surface area contributed by atoms with Crippen LogP contribution in [0.2, 0.25) is 0 Å². The molecule has 4 N–H and O–H groups in total. The number of rotatable bonds is 5. The molecule has 0 atom stereocenters. The predicted molar refractivity (Wildman–Crippen MR) is 71.2 cm³/mol. The van der Waals surface area contributed by atoms with Crippen LogP contribution in [0, 0.1) is 0 Å². The normalized spacial score (nSPS) is 11.3. The molecule has 18 heavy (non-hydrogen) atoms. The molecule has 0 aromatic heterocycles. The molecule has 0 aliphatic carbocycles. The molecule has 1 aromatic rings. The number of primary amides is 1. The van der Waals surface area contributed by atoms with Crippen molar-refractivity contribution in [1.29, 1.82) is 0 Å². The van der Waals surface area contributed by atoms with Gasteiger partial charge in [-0.05, 0) is 31.5 Å². The van der Waals surface area contributed by atoms with Crippen LogP contribution >= 0.6 is 15.9 Å². The Hall–Kier alpha value is -1.40. The molecule has 0 bridgehead atoms. The van der Waals surface area contributed by atoms with Crippen molar-refractivity contribution in [3.8, 4) is 0 Å². The molecule has 0 aliphatic heterocycles. The average molecular weight is 315 g/mol. The number of carboxylic acids is 1. The fourth-order valence-corrected chi connectivity index (χ4v) is 1.75. The number of aromatic carboxylic acids is 1. The number of benzene rings is 1. The zero-order valence-corrected chi connectivity index (χ0v) is 11.7. The summed E-state index contributed by atoms with van der Waals surface area (Å²) in [6.07, 6.45) is 0. The van der Waals surface area contributed by atoms with E-state index in [2.05, 4.69) is 21.2 Å². The molecule has 1 rings (SSSR count). The lowest BCUT2D eigenvalue weighted by Gasteiger charge is -2.22. The Bertz CT molecular complexity index is 486. The van der Waals surface area contributed by atoms with Crippen molar-refractivity contribution in [2.75, 3.05) is 0 Å². The second kappa shape index (κ2) is 5.49. The Morgan fingerprint density at radius 2 is 2.06 bits per heavy atom. The van der Waals surface area contributed by atoms with Crippen molar-refractivity contribution in [2.24, 2.45) is 5.73 Å². The minimum Gasteiger partial charge on any atom is -0.478 e. The molecule has 5 nitrogen and oxygen atoms in total. The fraction of sp³-hybridized carbons (Fsp3) is 0.333. The summed E-state index contributed by atoms with van der Waals surface area (Å²) in [5.74, 6) is -1.42. The quantitative estimate of drug-likeness (QED) is 0.768. The minimum absolute atomic E-state index is 0.208. The predicted octanol–water partition coefficient (Wildman–Crippen LogP) is 1.50. The van der Waals surface area contributed by atoms with E-state index in [4.69, 9.17) is 10.8 Å². The average Bonchev–Trinajstić information content (AvgIpc) is 2.26. The van der Waals surface area contributed by atoms with Crippen LogP contribution in [0.3, 0.4) is 0 Å². The van der Waals surface area contributed by atoms with Gasteiger partial charge in [0, 0.05) is 11.0 Å². The molecule has 0 unspecified atom stereocenters. The third-order valence-corrected chi connectivity index (χ3v) is 3.38. The number of amides is 1. The summed E-state index contributed by atoms with van der Waals surface area (Å²) in [7, 11) is 0. The van der Waals surface area contributed by atoms with Crippen LogP contribution in [-0.2, 0) is 11.3 Å². The van der Waals surface area contributed by atoms with E-state index in [1.54, 1.807) is 19.9 Å². The molecule has 6 heteroatoms. The lowest BCUT2D eigenvalue weighted by atomic mass is 10.0. The highest BCUT2D eigenvalue weighted by molar-refractivity contribution is 9.10. The number of carboxylic acid groups (broad SMARTS) is 1. The lowest BCUT2D eigenvalue weighted by molar-refractivity contribution is -0.123. The van der Waals surface area contributed by atoms with E-state index in [0.717, 1.165) is 5.56 Å². The number of halogens is 1. The maximum absolute atomic E-state index is 11.1. The maximum Gasteiger partial charge on any atom is 0.335 e. The second-order valence-electron chi connectivity index (χ2n) is 4.45. The molecule has 0 saturated carbocycles. The first-order valence-electron chi connectivity index (χ1n) is 5.30. The topological polar surface area (TPSA) is 92.4 Å². The van der Waals surface area contributed by atoms with E-state index in [9.17, 15) is 9.59 Å². The van der Waals surface area contributed by atoms with Crippen LogP contribution in [-0.4, -0.2) is 22.5 Å². The van der Waals surface area contributed by atoms with E-state index >= 15 is 0 Å². The van der Waals surface area contributed by atoms with Crippen LogP contribution in [0.4, 0.5) is 0 Å².